The van der Waals surface area contributed by atoms with Crippen molar-refractivity contribution in [1.82, 2.24) is 39.7 Å². The standard InChI is InChI=1S/C25H20N8O3/c34-22(25(36)32-13-11-31(12-14-32)24(35)16-5-2-1-3-6-16)17-15-28-21-19(8-10-26-20(17)21)33-23-18(29-30-33)7-4-9-27-23/h1-10,15,28H,11-14H2. The number of carbonyl (C=O) groups excluding carboxylic acids is 3. The highest BCUT2D eigenvalue weighted by Gasteiger charge is 2.30. The van der Waals surface area contributed by atoms with Crippen LogP contribution in [0, 0.1) is 0 Å². The highest BCUT2D eigenvalue weighted by Crippen LogP contribution is 2.25. The maximum Gasteiger partial charge on any atom is 0.295 e. The van der Waals surface area contributed by atoms with E-state index >= 15 is 0 Å². The smallest absolute Gasteiger partial charge is 0.295 e. The van der Waals surface area contributed by atoms with E-state index in [4.69, 9.17) is 0 Å². The number of aromatic nitrogens is 6. The van der Waals surface area contributed by atoms with Crippen molar-refractivity contribution in [3.05, 3.63) is 78.2 Å². The van der Waals surface area contributed by atoms with Gasteiger partial charge >= 0.3 is 0 Å². The summed E-state index contributed by atoms with van der Waals surface area (Å²) < 4.78 is 1.56. The molecule has 36 heavy (non-hydrogen) atoms. The largest absolute Gasteiger partial charge is 0.357 e. The molecule has 0 aliphatic carbocycles. The summed E-state index contributed by atoms with van der Waals surface area (Å²) in [7, 11) is 0. The molecule has 1 aliphatic rings. The minimum absolute atomic E-state index is 0.0856. The molecule has 6 rings (SSSR count). The van der Waals surface area contributed by atoms with E-state index in [1.165, 1.54) is 11.1 Å². The van der Waals surface area contributed by atoms with Gasteiger partial charge in [-0.1, -0.05) is 23.4 Å². The van der Waals surface area contributed by atoms with Crippen molar-refractivity contribution in [2.45, 2.75) is 0 Å². The Balaban J connectivity index is 1.22. The Kier molecular flexibility index (Phi) is 5.21. The Morgan fingerprint density at radius 3 is 2.42 bits per heavy atom. The number of nitrogens with one attached hydrogen (secondary N) is 1. The zero-order valence-electron chi connectivity index (χ0n) is 19.0. The van der Waals surface area contributed by atoms with Crippen LogP contribution in [0.1, 0.15) is 20.7 Å². The van der Waals surface area contributed by atoms with Crippen LogP contribution in [-0.4, -0.2) is 83.5 Å². The van der Waals surface area contributed by atoms with Gasteiger partial charge in [-0.05, 0) is 30.3 Å². The van der Waals surface area contributed by atoms with Crippen LogP contribution in [0.3, 0.4) is 0 Å². The van der Waals surface area contributed by atoms with E-state index in [0.717, 1.165) is 0 Å². The predicted molar refractivity (Wildman–Crippen MR) is 130 cm³/mol. The first-order valence-corrected chi connectivity index (χ1v) is 11.4. The number of nitrogens with zero attached hydrogens (tertiary/aromatic N) is 7. The van der Waals surface area contributed by atoms with Crippen molar-refractivity contribution in [3.8, 4) is 5.69 Å². The van der Waals surface area contributed by atoms with Gasteiger partial charge in [0.1, 0.15) is 11.0 Å². The molecule has 0 spiro atoms. The Hall–Kier alpha value is -4.93. The third kappa shape index (κ3) is 3.57. The summed E-state index contributed by atoms with van der Waals surface area (Å²) in [5.41, 5.74) is 3.49. The van der Waals surface area contributed by atoms with E-state index in [1.54, 1.807) is 52.3 Å². The van der Waals surface area contributed by atoms with Crippen LogP contribution < -0.4 is 0 Å². The molecule has 0 atom stereocenters. The zero-order chi connectivity index (χ0) is 24.6. The average molecular weight is 480 g/mol. The first kappa shape index (κ1) is 21.6. The van der Waals surface area contributed by atoms with E-state index < -0.39 is 11.7 Å². The molecule has 0 saturated carbocycles. The van der Waals surface area contributed by atoms with Gasteiger partial charge < -0.3 is 14.8 Å². The molecule has 5 heterocycles. The Labute approximate surface area is 204 Å². The molecule has 11 nitrogen and oxygen atoms in total. The highest BCUT2D eigenvalue weighted by molar-refractivity contribution is 6.44. The van der Waals surface area contributed by atoms with Crippen molar-refractivity contribution < 1.29 is 14.4 Å². The predicted octanol–water partition coefficient (Wildman–Crippen LogP) is 1.86. The Bertz CT molecular complexity index is 1620. The van der Waals surface area contributed by atoms with E-state index in [2.05, 4.69) is 25.3 Å². The first-order chi connectivity index (χ1) is 17.6. The lowest BCUT2D eigenvalue weighted by molar-refractivity contribution is -0.127. The normalized spacial score (nSPS) is 13.9. The van der Waals surface area contributed by atoms with Gasteiger partial charge in [-0.25, -0.2) is 4.98 Å². The van der Waals surface area contributed by atoms with Crippen molar-refractivity contribution in [1.29, 1.82) is 0 Å². The molecular weight excluding hydrogens is 460 g/mol. The zero-order valence-corrected chi connectivity index (χ0v) is 19.0. The first-order valence-electron chi connectivity index (χ1n) is 11.4. The number of fused-ring (bicyclic) bond motifs is 2. The molecule has 5 aromatic rings. The number of rotatable bonds is 4. The number of H-pyrrole nitrogens is 1. The highest BCUT2D eigenvalue weighted by atomic mass is 16.2. The molecule has 4 aromatic heterocycles. The molecule has 178 valence electrons. The Morgan fingerprint density at radius 2 is 1.61 bits per heavy atom. The quantitative estimate of drug-likeness (QED) is 0.307. The molecule has 1 aliphatic heterocycles. The lowest BCUT2D eigenvalue weighted by Gasteiger charge is -2.34. The molecule has 0 bridgehead atoms. The fourth-order valence-electron chi connectivity index (χ4n) is 4.42. The monoisotopic (exact) mass is 480 g/mol. The van der Waals surface area contributed by atoms with Gasteiger partial charge in [0.25, 0.3) is 17.6 Å². The molecule has 0 unspecified atom stereocenters. The van der Waals surface area contributed by atoms with Crippen LogP contribution in [0.25, 0.3) is 27.9 Å². The van der Waals surface area contributed by atoms with Crippen LogP contribution in [0.5, 0.6) is 0 Å². The van der Waals surface area contributed by atoms with Gasteiger partial charge in [-0.15, -0.1) is 5.10 Å². The van der Waals surface area contributed by atoms with Gasteiger partial charge in [-0.3, -0.25) is 19.4 Å². The van der Waals surface area contributed by atoms with E-state index in [9.17, 15) is 14.4 Å². The summed E-state index contributed by atoms with van der Waals surface area (Å²) in [5.74, 6) is -1.37. The molecule has 1 fully saturated rings. The summed E-state index contributed by atoms with van der Waals surface area (Å²) in [6.45, 7) is 1.27. The van der Waals surface area contributed by atoms with Gasteiger partial charge in [0.2, 0.25) is 0 Å². The van der Waals surface area contributed by atoms with Crippen LogP contribution in [0.2, 0.25) is 0 Å². The molecule has 11 heteroatoms. The third-order valence-corrected chi connectivity index (χ3v) is 6.30. The fraction of sp³-hybridized carbons (Fsp3) is 0.160. The minimum Gasteiger partial charge on any atom is -0.357 e. The third-order valence-electron chi connectivity index (χ3n) is 6.30. The van der Waals surface area contributed by atoms with E-state index in [1.807, 2.05) is 18.2 Å². The second-order valence-corrected chi connectivity index (χ2v) is 8.38. The molecule has 2 amide bonds. The summed E-state index contributed by atoms with van der Waals surface area (Å²) in [5, 5.41) is 8.32. The van der Waals surface area contributed by atoms with Crippen LogP contribution in [0.4, 0.5) is 0 Å². The van der Waals surface area contributed by atoms with Gasteiger partial charge in [0.05, 0.1) is 16.8 Å². The maximum atomic E-state index is 13.2. The second-order valence-electron chi connectivity index (χ2n) is 8.38. The number of benzene rings is 1. The van der Waals surface area contributed by atoms with Crippen molar-refractivity contribution in [3.63, 3.8) is 0 Å². The number of pyridine rings is 2. The number of piperazine rings is 1. The van der Waals surface area contributed by atoms with Crippen molar-refractivity contribution in [2.24, 2.45) is 0 Å². The summed E-state index contributed by atoms with van der Waals surface area (Å²) in [4.78, 5) is 53.9. The molecule has 1 aromatic carbocycles. The van der Waals surface area contributed by atoms with Crippen molar-refractivity contribution >= 4 is 39.8 Å². The van der Waals surface area contributed by atoms with Crippen LogP contribution >= 0.6 is 0 Å². The van der Waals surface area contributed by atoms with Crippen LogP contribution in [0.15, 0.2) is 67.1 Å². The van der Waals surface area contributed by atoms with Crippen molar-refractivity contribution in [2.75, 3.05) is 26.2 Å². The van der Waals surface area contributed by atoms with E-state index in [-0.39, 0.29) is 24.6 Å². The summed E-state index contributed by atoms with van der Waals surface area (Å²) in [6.07, 6.45) is 4.69. The number of amides is 2. The lowest BCUT2D eigenvalue weighted by atomic mass is 10.1. The minimum atomic E-state index is -0.657. The number of hydrogen-bond donors (Lipinski definition) is 1. The average Bonchev–Trinajstić information content (AvgIpc) is 3.57. The SMILES string of the molecule is O=C(C(=O)N1CCN(C(=O)c2ccccc2)CC1)c1c[nH]c2c(-n3nnc4cccnc43)ccnc12. The molecule has 0 radical (unpaired) electrons. The number of carbonyl (C=O) groups is 3. The second kappa shape index (κ2) is 8.69. The number of Topliss-reactive ketones (excluding diaryl/α,β-unsaturated/α-hetero) is 1. The van der Waals surface area contributed by atoms with Gasteiger partial charge in [0.15, 0.2) is 5.65 Å². The molecule has 1 N–H and O–H groups in total. The molecule has 1 saturated heterocycles. The van der Waals surface area contributed by atoms with Gasteiger partial charge in [0, 0.05) is 50.3 Å². The lowest BCUT2D eigenvalue weighted by Crippen LogP contribution is -2.52. The Morgan fingerprint density at radius 1 is 0.833 bits per heavy atom. The number of aromatic amines is 1. The van der Waals surface area contributed by atoms with Crippen LogP contribution in [-0.2, 0) is 4.79 Å². The summed E-state index contributed by atoms with van der Waals surface area (Å²) >= 11 is 0. The van der Waals surface area contributed by atoms with Gasteiger partial charge in [-0.2, -0.15) is 4.68 Å². The number of ketones is 1. The number of hydrogen-bond acceptors (Lipinski definition) is 7. The summed E-state index contributed by atoms with van der Waals surface area (Å²) in [6, 6.07) is 14.3. The van der Waals surface area contributed by atoms with E-state index in [0.29, 0.717) is 46.5 Å². The maximum absolute atomic E-state index is 13.2. The fourth-order valence-corrected chi connectivity index (χ4v) is 4.42. The topological polar surface area (TPSA) is 130 Å². The molecular formula is C25H20N8O3.